The van der Waals surface area contributed by atoms with Crippen molar-refractivity contribution in [2.24, 2.45) is 0 Å². The second-order valence-electron chi connectivity index (χ2n) is 5.14. The van der Waals surface area contributed by atoms with Gasteiger partial charge in [-0.1, -0.05) is 45.0 Å². The summed E-state index contributed by atoms with van der Waals surface area (Å²) in [7, 11) is -6.36. The van der Waals surface area contributed by atoms with Crippen molar-refractivity contribution in [3.63, 3.8) is 0 Å². The fourth-order valence-corrected chi connectivity index (χ4v) is 3.59. The van der Waals surface area contributed by atoms with Crippen LogP contribution in [0.15, 0.2) is 58.3 Å². The van der Waals surface area contributed by atoms with Crippen LogP contribution >= 0.6 is 0 Å². The van der Waals surface area contributed by atoms with Gasteiger partial charge in [0, 0.05) is 6.26 Å². The van der Waals surface area contributed by atoms with Gasteiger partial charge in [-0.2, -0.15) is 0 Å². The molecule has 0 saturated heterocycles. The summed E-state index contributed by atoms with van der Waals surface area (Å²) >= 11 is 0. The first kappa shape index (κ1) is 20.4. The average Bonchev–Trinajstić information content (AvgIpc) is 2.57. The van der Waals surface area contributed by atoms with E-state index in [1.807, 2.05) is 13.8 Å². The minimum absolute atomic E-state index is 0.0826. The molecule has 0 spiro atoms. The molecule has 24 heavy (non-hydrogen) atoms. The van der Waals surface area contributed by atoms with Gasteiger partial charge in [0.05, 0.1) is 15.5 Å². The zero-order valence-electron chi connectivity index (χ0n) is 14.5. The zero-order valence-corrected chi connectivity index (χ0v) is 16.1. The van der Waals surface area contributed by atoms with Gasteiger partial charge in [0.25, 0.3) is 0 Å². The fourth-order valence-electron chi connectivity index (χ4n) is 2.07. The van der Waals surface area contributed by atoms with Crippen LogP contribution in [0.5, 0.6) is 0 Å². The molecule has 0 amide bonds. The van der Waals surface area contributed by atoms with Crippen molar-refractivity contribution in [1.29, 1.82) is 0 Å². The molecule has 0 heterocycles. The highest BCUT2D eigenvalue weighted by Crippen LogP contribution is 2.17. The Labute approximate surface area is 145 Å². The quantitative estimate of drug-likeness (QED) is 0.810. The van der Waals surface area contributed by atoms with Gasteiger partial charge >= 0.3 is 0 Å². The minimum atomic E-state index is -3.18. The van der Waals surface area contributed by atoms with E-state index in [1.165, 1.54) is 6.26 Å². The third-order valence-corrected chi connectivity index (χ3v) is 6.30. The molecule has 6 heteroatoms. The Balaban J connectivity index is 0.00000139. The van der Waals surface area contributed by atoms with Crippen molar-refractivity contribution in [3.8, 4) is 0 Å². The maximum absolute atomic E-state index is 11.7. The van der Waals surface area contributed by atoms with E-state index < -0.39 is 19.7 Å². The van der Waals surface area contributed by atoms with Gasteiger partial charge < -0.3 is 0 Å². The van der Waals surface area contributed by atoms with Crippen LogP contribution in [0.3, 0.4) is 0 Å². The largest absolute Gasteiger partial charge is 0.224 e. The molecule has 2 aromatic rings. The van der Waals surface area contributed by atoms with Crippen LogP contribution in [0.4, 0.5) is 0 Å². The van der Waals surface area contributed by atoms with E-state index in [4.69, 9.17) is 0 Å². The minimum Gasteiger partial charge on any atom is -0.224 e. The summed E-state index contributed by atoms with van der Waals surface area (Å²) in [6, 6.07) is 13.5. The van der Waals surface area contributed by atoms with Gasteiger partial charge in [0.1, 0.15) is 0 Å². The van der Waals surface area contributed by atoms with E-state index in [0.717, 1.165) is 11.1 Å². The first-order valence-electron chi connectivity index (χ1n) is 7.83. The van der Waals surface area contributed by atoms with Gasteiger partial charge in [-0.15, -0.1) is 0 Å². The Morgan fingerprint density at radius 2 is 1.08 bits per heavy atom. The number of hydrogen-bond donors (Lipinski definition) is 0. The molecule has 0 radical (unpaired) electrons. The van der Waals surface area contributed by atoms with Crippen LogP contribution in [0.2, 0.25) is 0 Å². The highest BCUT2D eigenvalue weighted by molar-refractivity contribution is 7.91. The molecule has 2 aromatic carbocycles. The van der Waals surface area contributed by atoms with Crippen LogP contribution in [-0.2, 0) is 26.1 Å². The van der Waals surface area contributed by atoms with Crippen LogP contribution in [0.1, 0.15) is 31.9 Å². The summed E-state index contributed by atoms with van der Waals surface area (Å²) in [5.74, 6) is 0.0826. The highest BCUT2D eigenvalue weighted by atomic mass is 32.2. The molecule has 0 fully saturated rings. The van der Waals surface area contributed by atoms with Crippen molar-refractivity contribution in [3.05, 3.63) is 59.7 Å². The van der Waals surface area contributed by atoms with E-state index in [9.17, 15) is 16.8 Å². The molecule has 0 atom stereocenters. The van der Waals surface area contributed by atoms with Crippen molar-refractivity contribution in [2.45, 2.75) is 37.0 Å². The molecular weight excluding hydrogens is 344 g/mol. The lowest BCUT2D eigenvalue weighted by Gasteiger charge is -2.05. The van der Waals surface area contributed by atoms with Crippen molar-refractivity contribution in [2.75, 3.05) is 12.0 Å². The lowest BCUT2D eigenvalue weighted by Crippen LogP contribution is -2.03. The van der Waals surface area contributed by atoms with E-state index in [1.54, 1.807) is 55.5 Å². The Morgan fingerprint density at radius 3 is 1.42 bits per heavy atom. The molecule has 0 aromatic heterocycles. The van der Waals surface area contributed by atoms with Crippen LogP contribution in [-0.4, -0.2) is 28.8 Å². The van der Waals surface area contributed by atoms with Crippen LogP contribution < -0.4 is 0 Å². The second kappa shape index (κ2) is 8.44. The van der Waals surface area contributed by atoms with E-state index in [-0.39, 0.29) is 5.75 Å². The van der Waals surface area contributed by atoms with Crippen LogP contribution in [0, 0.1) is 0 Å². The predicted molar refractivity (Wildman–Crippen MR) is 97.9 cm³/mol. The first-order valence-corrected chi connectivity index (χ1v) is 11.4. The summed E-state index contributed by atoms with van der Waals surface area (Å²) in [5, 5.41) is 0. The van der Waals surface area contributed by atoms with E-state index in [2.05, 4.69) is 0 Å². The van der Waals surface area contributed by atoms with E-state index >= 15 is 0 Å². The van der Waals surface area contributed by atoms with Gasteiger partial charge in [0.15, 0.2) is 19.7 Å². The molecule has 0 unspecified atom stereocenters. The molecule has 0 aliphatic heterocycles. The van der Waals surface area contributed by atoms with Gasteiger partial charge in [-0.25, -0.2) is 16.8 Å². The molecular formula is C18H24O4S2. The monoisotopic (exact) mass is 368 g/mol. The molecule has 0 N–H and O–H groups in total. The Hall–Kier alpha value is -1.66. The molecule has 0 bridgehead atoms. The SMILES string of the molecule is CC.CCS(=O)(=O)c1ccc(Cc2ccc(S(C)(=O)=O)cc2)cc1. The number of benzene rings is 2. The molecule has 4 nitrogen and oxygen atoms in total. The summed E-state index contributed by atoms with van der Waals surface area (Å²) in [5.41, 5.74) is 1.95. The third kappa shape index (κ3) is 5.46. The summed E-state index contributed by atoms with van der Waals surface area (Å²) in [6.07, 6.45) is 1.80. The Bertz CT molecular complexity index is 848. The highest BCUT2D eigenvalue weighted by Gasteiger charge is 2.11. The molecule has 0 aliphatic carbocycles. The topological polar surface area (TPSA) is 68.3 Å². The summed E-state index contributed by atoms with van der Waals surface area (Å²) in [4.78, 5) is 0.617. The number of rotatable bonds is 5. The zero-order chi connectivity index (χ0) is 18.4. The fraction of sp³-hybridized carbons (Fsp3) is 0.333. The first-order chi connectivity index (χ1) is 11.2. The van der Waals surface area contributed by atoms with Gasteiger partial charge in [-0.3, -0.25) is 0 Å². The Morgan fingerprint density at radius 1 is 0.708 bits per heavy atom. The molecule has 0 saturated carbocycles. The number of hydrogen-bond acceptors (Lipinski definition) is 4. The molecule has 2 rings (SSSR count). The van der Waals surface area contributed by atoms with Crippen molar-refractivity contribution < 1.29 is 16.8 Å². The van der Waals surface area contributed by atoms with Crippen molar-refractivity contribution in [1.82, 2.24) is 0 Å². The average molecular weight is 369 g/mol. The molecule has 0 aliphatic rings. The maximum atomic E-state index is 11.7. The van der Waals surface area contributed by atoms with Gasteiger partial charge in [-0.05, 0) is 41.8 Å². The predicted octanol–water partition coefficient (Wildman–Crippen LogP) is 3.50. The standard InChI is InChI=1S/C16H18O4S2.C2H6/c1-3-22(19,20)16-10-6-14(7-11-16)12-13-4-8-15(9-5-13)21(2,17)18;1-2/h4-11H,3,12H2,1-2H3;1-2H3. The summed E-state index contributed by atoms with van der Waals surface area (Å²) < 4.78 is 46.3. The number of sulfone groups is 2. The van der Waals surface area contributed by atoms with Crippen molar-refractivity contribution >= 4 is 19.7 Å². The van der Waals surface area contributed by atoms with Crippen LogP contribution in [0.25, 0.3) is 0 Å². The lowest BCUT2D eigenvalue weighted by atomic mass is 10.1. The summed E-state index contributed by atoms with van der Waals surface area (Å²) in [6.45, 7) is 5.62. The second-order valence-corrected chi connectivity index (χ2v) is 9.43. The van der Waals surface area contributed by atoms with E-state index in [0.29, 0.717) is 16.2 Å². The third-order valence-electron chi connectivity index (χ3n) is 3.42. The maximum Gasteiger partial charge on any atom is 0.178 e. The Kier molecular flexibility index (Phi) is 7.17. The van der Waals surface area contributed by atoms with Gasteiger partial charge in [0.2, 0.25) is 0 Å². The normalized spacial score (nSPS) is 11.5. The lowest BCUT2D eigenvalue weighted by molar-refractivity contribution is 0.596. The molecule has 132 valence electrons. The smallest absolute Gasteiger partial charge is 0.178 e.